The second kappa shape index (κ2) is 15.6. The number of nitrogens with one attached hydrogen (secondary N) is 1. The highest BCUT2D eigenvalue weighted by Gasteiger charge is 2.43. The van der Waals surface area contributed by atoms with E-state index in [1.54, 1.807) is 24.3 Å². The second-order valence-corrected chi connectivity index (χ2v) is 14.3. The Bertz CT molecular complexity index is 2040. The van der Waals surface area contributed by atoms with E-state index in [1.807, 2.05) is 30.3 Å². The van der Waals surface area contributed by atoms with E-state index in [9.17, 15) is 22.8 Å². The minimum absolute atomic E-state index is 0.0412. The van der Waals surface area contributed by atoms with Gasteiger partial charge in [0.05, 0.1) is 44.2 Å². The van der Waals surface area contributed by atoms with Gasteiger partial charge in [-0.05, 0) is 67.3 Å². The van der Waals surface area contributed by atoms with Crippen molar-refractivity contribution in [2.24, 2.45) is 0 Å². The molecule has 2 aliphatic rings. The molecule has 2 aliphatic heterocycles. The average molecular weight is 731 g/mol. The SMILES string of the molecule is COC(=O)c1ccc(S(=O)(=O)NCCCC(c2ccc(OC)c(OC)c2)N2C(=O)c3cccc(N4CCN(C(C)c5ccccc5)CC4)c3C2=O)o1. The number of carbonyl (C=O) groups is 3. The first-order valence-electron chi connectivity index (χ1n) is 17.0. The maximum absolute atomic E-state index is 14.4. The van der Waals surface area contributed by atoms with E-state index < -0.39 is 38.9 Å². The lowest BCUT2D eigenvalue weighted by atomic mass is 9.99. The zero-order valence-corrected chi connectivity index (χ0v) is 30.4. The van der Waals surface area contributed by atoms with Crippen LogP contribution < -0.4 is 19.1 Å². The molecule has 0 bridgehead atoms. The molecule has 0 saturated carbocycles. The number of hydrogen-bond acceptors (Lipinski definition) is 11. The molecular weight excluding hydrogens is 689 g/mol. The third-order valence-electron chi connectivity index (χ3n) is 9.69. The summed E-state index contributed by atoms with van der Waals surface area (Å²) in [5, 5.41) is -0.437. The van der Waals surface area contributed by atoms with Gasteiger partial charge < -0.3 is 23.5 Å². The van der Waals surface area contributed by atoms with Gasteiger partial charge in [0.1, 0.15) is 0 Å². The van der Waals surface area contributed by atoms with Crippen molar-refractivity contribution >= 4 is 33.5 Å². The Kier molecular flexibility index (Phi) is 11.0. The molecule has 6 rings (SSSR count). The predicted octanol–water partition coefficient (Wildman–Crippen LogP) is 5.06. The molecule has 0 spiro atoms. The van der Waals surface area contributed by atoms with Crippen LogP contribution in [0.1, 0.15) is 74.2 Å². The maximum Gasteiger partial charge on any atom is 0.374 e. The lowest BCUT2D eigenvalue weighted by Gasteiger charge is -2.39. The largest absolute Gasteiger partial charge is 0.493 e. The highest BCUT2D eigenvalue weighted by atomic mass is 32.2. The Labute approximate surface area is 303 Å². The number of methoxy groups -OCH3 is 3. The number of ether oxygens (including phenoxy) is 3. The van der Waals surface area contributed by atoms with Crippen molar-refractivity contribution in [3.05, 3.63) is 107 Å². The van der Waals surface area contributed by atoms with Crippen LogP contribution in [0.5, 0.6) is 11.5 Å². The third kappa shape index (κ3) is 7.27. The summed E-state index contributed by atoms with van der Waals surface area (Å²) in [6.45, 7) is 5.11. The Morgan fingerprint density at radius 1 is 0.846 bits per heavy atom. The van der Waals surface area contributed by atoms with E-state index in [1.165, 1.54) is 36.8 Å². The lowest BCUT2D eigenvalue weighted by Crippen LogP contribution is -2.47. The van der Waals surface area contributed by atoms with Crippen LogP contribution in [0.25, 0.3) is 0 Å². The van der Waals surface area contributed by atoms with Crippen LogP contribution in [0.3, 0.4) is 0 Å². The Hall–Kier alpha value is -5.18. The Balaban J connectivity index is 1.22. The van der Waals surface area contributed by atoms with Crippen LogP contribution in [0.4, 0.5) is 5.69 Å². The fraction of sp³-hybridized carbons (Fsp3) is 0.342. The molecule has 2 unspecified atom stereocenters. The fourth-order valence-electron chi connectivity index (χ4n) is 6.88. The number of furan rings is 1. The number of piperazine rings is 1. The van der Waals surface area contributed by atoms with Crippen LogP contribution in [-0.4, -0.2) is 90.1 Å². The van der Waals surface area contributed by atoms with Gasteiger partial charge in [0.2, 0.25) is 10.9 Å². The zero-order chi connectivity index (χ0) is 37.0. The molecule has 2 atom stereocenters. The molecule has 52 heavy (non-hydrogen) atoms. The highest BCUT2D eigenvalue weighted by Crippen LogP contribution is 2.41. The Morgan fingerprint density at radius 2 is 1.58 bits per heavy atom. The molecule has 1 aromatic heterocycles. The predicted molar refractivity (Wildman–Crippen MR) is 192 cm³/mol. The highest BCUT2D eigenvalue weighted by molar-refractivity contribution is 7.89. The zero-order valence-electron chi connectivity index (χ0n) is 29.5. The number of benzene rings is 3. The number of imide groups is 1. The number of fused-ring (bicyclic) bond motifs is 1. The minimum Gasteiger partial charge on any atom is -0.493 e. The first-order chi connectivity index (χ1) is 25.1. The first-order valence-corrected chi connectivity index (χ1v) is 18.5. The van der Waals surface area contributed by atoms with E-state index in [0.29, 0.717) is 47.0 Å². The maximum atomic E-state index is 14.4. The molecule has 3 heterocycles. The molecule has 274 valence electrons. The van der Waals surface area contributed by atoms with E-state index in [4.69, 9.17) is 13.9 Å². The minimum atomic E-state index is -4.11. The molecule has 0 aliphatic carbocycles. The standard InChI is InChI=1S/C38H42N4O9S/c1-25(26-10-6-5-7-11-26)40-20-22-41(23-21-40)30-13-8-12-28-35(30)37(44)42(36(28)43)29(27-15-16-31(48-2)33(24-27)49-3)14-9-19-39-52(46,47)34-18-17-32(51-34)38(45)50-4/h5-8,10-13,15-18,24-25,29,39H,9,14,19-23H2,1-4H3. The topological polar surface area (TPSA) is 148 Å². The van der Waals surface area contributed by atoms with Gasteiger partial charge in [0.25, 0.3) is 21.8 Å². The molecule has 3 aromatic carbocycles. The molecule has 4 aromatic rings. The van der Waals surface area contributed by atoms with E-state index in [2.05, 4.69) is 38.3 Å². The normalized spacial score (nSPS) is 16.1. The monoisotopic (exact) mass is 730 g/mol. The van der Waals surface area contributed by atoms with Crippen LogP contribution >= 0.6 is 0 Å². The lowest BCUT2D eigenvalue weighted by molar-refractivity contribution is 0.0552. The van der Waals surface area contributed by atoms with Crippen molar-refractivity contribution < 1.29 is 41.4 Å². The molecule has 1 saturated heterocycles. The van der Waals surface area contributed by atoms with Gasteiger partial charge in [-0.3, -0.25) is 19.4 Å². The fourth-order valence-corrected chi connectivity index (χ4v) is 7.88. The van der Waals surface area contributed by atoms with Crippen molar-refractivity contribution in [2.75, 3.05) is 59.0 Å². The number of sulfonamides is 1. The number of nitrogens with zero attached hydrogens (tertiary/aromatic N) is 3. The number of rotatable bonds is 14. The van der Waals surface area contributed by atoms with Crippen LogP contribution in [0.15, 0.2) is 88.4 Å². The number of carbonyl (C=O) groups excluding carboxylic acids is 3. The van der Waals surface area contributed by atoms with Crippen LogP contribution in [-0.2, 0) is 14.8 Å². The summed E-state index contributed by atoms with van der Waals surface area (Å²) in [6, 6.07) is 22.8. The van der Waals surface area contributed by atoms with Gasteiger partial charge >= 0.3 is 5.97 Å². The van der Waals surface area contributed by atoms with Gasteiger partial charge in [0, 0.05) is 38.8 Å². The molecular formula is C38H42N4O9S. The van der Waals surface area contributed by atoms with E-state index >= 15 is 0 Å². The first kappa shape index (κ1) is 36.6. The summed E-state index contributed by atoms with van der Waals surface area (Å²) in [5.41, 5.74) is 3.27. The summed E-state index contributed by atoms with van der Waals surface area (Å²) >= 11 is 0. The Morgan fingerprint density at radius 3 is 2.27 bits per heavy atom. The van der Waals surface area contributed by atoms with E-state index in [-0.39, 0.29) is 31.2 Å². The summed E-state index contributed by atoms with van der Waals surface area (Å²) in [7, 11) is 0.0704. The second-order valence-electron chi connectivity index (χ2n) is 12.6. The number of amides is 2. The third-order valence-corrected chi connectivity index (χ3v) is 11.0. The number of anilines is 1. The summed E-state index contributed by atoms with van der Waals surface area (Å²) in [6.07, 6.45) is 0.463. The van der Waals surface area contributed by atoms with Gasteiger partial charge in [-0.2, -0.15) is 0 Å². The van der Waals surface area contributed by atoms with Gasteiger partial charge in [-0.1, -0.05) is 42.5 Å². The van der Waals surface area contributed by atoms with Gasteiger partial charge in [-0.25, -0.2) is 17.9 Å². The van der Waals surface area contributed by atoms with Gasteiger partial charge in [-0.15, -0.1) is 0 Å². The molecule has 14 heteroatoms. The smallest absolute Gasteiger partial charge is 0.374 e. The number of esters is 1. The molecule has 13 nitrogen and oxygen atoms in total. The summed E-state index contributed by atoms with van der Waals surface area (Å²) in [4.78, 5) is 46.2. The number of hydrogen-bond donors (Lipinski definition) is 1. The van der Waals surface area contributed by atoms with Crippen molar-refractivity contribution in [2.45, 2.75) is 36.9 Å². The average Bonchev–Trinajstić information content (AvgIpc) is 3.78. The van der Waals surface area contributed by atoms with Crippen molar-refractivity contribution in [3.63, 3.8) is 0 Å². The summed E-state index contributed by atoms with van der Waals surface area (Å²) < 4.78 is 49.1. The van der Waals surface area contributed by atoms with Crippen molar-refractivity contribution in [1.82, 2.24) is 14.5 Å². The molecule has 0 radical (unpaired) electrons. The molecule has 1 fully saturated rings. The van der Waals surface area contributed by atoms with E-state index in [0.717, 1.165) is 20.2 Å². The molecule has 2 amide bonds. The van der Waals surface area contributed by atoms with Crippen molar-refractivity contribution in [1.29, 1.82) is 0 Å². The van der Waals surface area contributed by atoms with Crippen molar-refractivity contribution in [3.8, 4) is 11.5 Å². The summed E-state index contributed by atoms with van der Waals surface area (Å²) in [5.74, 6) is -0.988. The molecule has 1 N–H and O–H groups in total. The quantitative estimate of drug-likeness (QED) is 0.105. The van der Waals surface area contributed by atoms with Crippen LogP contribution in [0.2, 0.25) is 0 Å². The van der Waals surface area contributed by atoms with Gasteiger partial charge in [0.15, 0.2) is 11.5 Å². The van der Waals surface area contributed by atoms with Crippen LogP contribution in [0, 0.1) is 0 Å².